The summed E-state index contributed by atoms with van der Waals surface area (Å²) in [5, 5.41) is 2.96. The van der Waals surface area contributed by atoms with Crippen LogP contribution in [0, 0.1) is 0 Å². The minimum atomic E-state index is -0.599. The van der Waals surface area contributed by atoms with Crippen molar-refractivity contribution < 1.29 is 4.79 Å². The third kappa shape index (κ3) is 3.87. The molecule has 5 nitrogen and oxygen atoms in total. The normalized spacial score (nSPS) is 10.3. The predicted molar refractivity (Wildman–Crippen MR) is 73.2 cm³/mol. The molecule has 94 valence electrons. The molecule has 0 saturated carbocycles. The summed E-state index contributed by atoms with van der Waals surface area (Å²) in [6.07, 6.45) is 6.73. The third-order valence-corrected chi connectivity index (χ3v) is 2.54. The van der Waals surface area contributed by atoms with Crippen molar-refractivity contribution >= 4 is 12.0 Å². The second-order valence-corrected chi connectivity index (χ2v) is 3.96. The van der Waals surface area contributed by atoms with E-state index in [1.54, 1.807) is 6.08 Å². The van der Waals surface area contributed by atoms with Crippen molar-refractivity contribution in [3.63, 3.8) is 0 Å². The van der Waals surface area contributed by atoms with Gasteiger partial charge in [0.1, 0.15) is 0 Å². The summed E-state index contributed by atoms with van der Waals surface area (Å²) in [6, 6.07) is 12.0. The molecule has 2 aromatic rings. The Morgan fingerprint density at radius 3 is 2.84 bits per heavy atom. The zero-order valence-corrected chi connectivity index (χ0v) is 10.2. The Morgan fingerprint density at radius 1 is 1.32 bits per heavy atom. The molecule has 0 fully saturated rings. The van der Waals surface area contributed by atoms with E-state index in [4.69, 9.17) is 5.53 Å². The molecule has 0 N–H and O–H groups in total. The molecule has 0 unspecified atom stereocenters. The standard InChI is InChI=1S/C14H12N4O/c15-17-16-14(19)7-6-13-8-9-18(11-13)10-12-4-2-1-3-5-12/h1-9,11H,10H2. The van der Waals surface area contributed by atoms with Crippen LogP contribution in [-0.4, -0.2) is 10.5 Å². The van der Waals surface area contributed by atoms with E-state index < -0.39 is 5.91 Å². The number of hydrogen-bond acceptors (Lipinski definition) is 1. The third-order valence-electron chi connectivity index (χ3n) is 2.54. The maximum Gasteiger partial charge on any atom is 0.242 e. The summed E-state index contributed by atoms with van der Waals surface area (Å²) in [7, 11) is 0. The fraction of sp³-hybridized carbons (Fsp3) is 0.0714. The zero-order valence-electron chi connectivity index (χ0n) is 10.2. The summed E-state index contributed by atoms with van der Waals surface area (Å²) in [5.74, 6) is -0.599. The Balaban J connectivity index is 2.03. The minimum Gasteiger partial charge on any atom is -0.349 e. The van der Waals surface area contributed by atoms with Gasteiger partial charge in [0, 0.05) is 23.9 Å². The predicted octanol–water partition coefficient (Wildman–Crippen LogP) is 3.39. The molecular formula is C14H12N4O. The van der Waals surface area contributed by atoms with Crippen LogP contribution in [0.5, 0.6) is 0 Å². The highest BCUT2D eigenvalue weighted by atomic mass is 16.1. The summed E-state index contributed by atoms with van der Waals surface area (Å²) in [6.45, 7) is 0.777. The number of rotatable bonds is 4. The average molecular weight is 252 g/mol. The highest BCUT2D eigenvalue weighted by molar-refractivity contribution is 5.92. The molecule has 0 saturated heterocycles. The van der Waals surface area contributed by atoms with Crippen molar-refractivity contribution in [2.45, 2.75) is 6.54 Å². The highest BCUT2D eigenvalue weighted by Crippen LogP contribution is 2.07. The van der Waals surface area contributed by atoms with E-state index in [1.165, 1.54) is 11.6 Å². The average Bonchev–Trinajstić information content (AvgIpc) is 2.86. The number of aromatic nitrogens is 1. The van der Waals surface area contributed by atoms with Gasteiger partial charge in [0.2, 0.25) is 5.91 Å². The van der Waals surface area contributed by atoms with Gasteiger partial charge in [0.15, 0.2) is 0 Å². The number of amides is 1. The molecule has 2 rings (SSSR count). The van der Waals surface area contributed by atoms with Crippen molar-refractivity contribution in [1.82, 2.24) is 4.57 Å². The van der Waals surface area contributed by atoms with E-state index in [1.807, 2.05) is 41.2 Å². The van der Waals surface area contributed by atoms with Crippen LogP contribution < -0.4 is 0 Å². The Hall–Kier alpha value is -2.78. The Kier molecular flexibility index (Phi) is 4.16. The molecule has 0 radical (unpaired) electrons. The molecular weight excluding hydrogens is 240 g/mol. The molecule has 19 heavy (non-hydrogen) atoms. The smallest absolute Gasteiger partial charge is 0.242 e. The van der Waals surface area contributed by atoms with Crippen LogP contribution in [0.3, 0.4) is 0 Å². The number of nitrogens with zero attached hydrogens (tertiary/aromatic N) is 4. The SMILES string of the molecule is [N-]=[N+]=NC(=O)C=Cc1ccn(Cc2ccccc2)c1. The van der Waals surface area contributed by atoms with Crippen LogP contribution in [-0.2, 0) is 11.3 Å². The second-order valence-electron chi connectivity index (χ2n) is 3.96. The van der Waals surface area contributed by atoms with E-state index in [9.17, 15) is 4.79 Å². The molecule has 1 aromatic heterocycles. The monoisotopic (exact) mass is 252 g/mol. The molecule has 1 amide bonds. The lowest BCUT2D eigenvalue weighted by molar-refractivity contribution is -0.113. The maximum atomic E-state index is 11.0. The topological polar surface area (TPSA) is 70.8 Å². The summed E-state index contributed by atoms with van der Waals surface area (Å²) >= 11 is 0. The van der Waals surface area contributed by atoms with E-state index >= 15 is 0 Å². The molecule has 0 aliphatic heterocycles. The summed E-state index contributed by atoms with van der Waals surface area (Å²) in [4.78, 5) is 13.4. The zero-order chi connectivity index (χ0) is 13.5. The van der Waals surface area contributed by atoms with Crippen LogP contribution in [0.15, 0.2) is 60.0 Å². The lowest BCUT2D eigenvalue weighted by atomic mass is 10.2. The van der Waals surface area contributed by atoms with Crippen LogP contribution in [0.1, 0.15) is 11.1 Å². The molecule has 0 aliphatic rings. The number of hydrogen-bond donors (Lipinski definition) is 0. The van der Waals surface area contributed by atoms with Gasteiger partial charge in [0.05, 0.1) is 0 Å². The van der Waals surface area contributed by atoms with Crippen molar-refractivity contribution in [3.8, 4) is 0 Å². The summed E-state index contributed by atoms with van der Waals surface area (Å²) in [5.41, 5.74) is 10.2. The molecule has 0 aliphatic carbocycles. The Bertz CT molecular complexity index is 636. The first-order valence-corrected chi connectivity index (χ1v) is 5.75. The van der Waals surface area contributed by atoms with Gasteiger partial charge >= 0.3 is 0 Å². The lowest BCUT2D eigenvalue weighted by Gasteiger charge is -2.01. The van der Waals surface area contributed by atoms with Crippen LogP contribution >= 0.6 is 0 Å². The van der Waals surface area contributed by atoms with Gasteiger partial charge in [-0.05, 0) is 40.0 Å². The van der Waals surface area contributed by atoms with Crippen molar-refractivity contribution in [2.24, 2.45) is 5.11 Å². The van der Waals surface area contributed by atoms with Crippen LogP contribution in [0.25, 0.3) is 16.5 Å². The first-order chi connectivity index (χ1) is 9.28. The van der Waals surface area contributed by atoms with Crippen molar-refractivity contribution in [1.29, 1.82) is 0 Å². The van der Waals surface area contributed by atoms with Crippen molar-refractivity contribution in [2.75, 3.05) is 0 Å². The number of carbonyl (C=O) groups excluding carboxylic acids is 1. The van der Waals surface area contributed by atoms with Crippen LogP contribution in [0.4, 0.5) is 0 Å². The molecule has 1 heterocycles. The van der Waals surface area contributed by atoms with E-state index in [-0.39, 0.29) is 0 Å². The first-order valence-electron chi connectivity index (χ1n) is 5.75. The largest absolute Gasteiger partial charge is 0.349 e. The second kappa shape index (κ2) is 6.23. The number of carbonyl (C=O) groups is 1. The molecule has 1 aromatic carbocycles. The van der Waals surface area contributed by atoms with E-state index in [2.05, 4.69) is 22.2 Å². The van der Waals surface area contributed by atoms with Gasteiger partial charge in [-0.25, -0.2) is 0 Å². The Morgan fingerprint density at radius 2 is 2.11 bits per heavy atom. The fourth-order valence-electron chi connectivity index (χ4n) is 1.70. The van der Waals surface area contributed by atoms with Crippen molar-refractivity contribution in [3.05, 3.63) is 76.4 Å². The number of azide groups is 1. The van der Waals surface area contributed by atoms with Gasteiger partial charge in [-0.1, -0.05) is 30.3 Å². The molecule has 0 bridgehead atoms. The first kappa shape index (κ1) is 12.7. The molecule has 0 spiro atoms. The van der Waals surface area contributed by atoms with Crippen LogP contribution in [0.2, 0.25) is 0 Å². The maximum absolute atomic E-state index is 11.0. The molecule has 0 atom stereocenters. The lowest BCUT2D eigenvalue weighted by Crippen LogP contribution is -1.95. The van der Waals surface area contributed by atoms with Gasteiger partial charge < -0.3 is 4.57 Å². The van der Waals surface area contributed by atoms with Gasteiger partial charge in [-0.15, -0.1) is 0 Å². The summed E-state index contributed by atoms with van der Waals surface area (Å²) < 4.78 is 2.02. The van der Waals surface area contributed by atoms with Gasteiger partial charge in [-0.2, -0.15) is 0 Å². The number of benzene rings is 1. The fourth-order valence-corrected chi connectivity index (χ4v) is 1.70. The quantitative estimate of drug-likeness (QED) is 0.356. The van der Waals surface area contributed by atoms with E-state index in [0.29, 0.717) is 0 Å². The Labute approximate surface area is 110 Å². The highest BCUT2D eigenvalue weighted by Gasteiger charge is 1.96. The van der Waals surface area contributed by atoms with Gasteiger partial charge in [-0.3, -0.25) is 4.79 Å². The van der Waals surface area contributed by atoms with Gasteiger partial charge in [0.25, 0.3) is 0 Å². The van der Waals surface area contributed by atoms with E-state index in [0.717, 1.165) is 12.1 Å². The molecule has 5 heteroatoms. The minimum absolute atomic E-state index is 0.599.